The molecule has 39 heavy (non-hydrogen) atoms. The second-order valence-corrected chi connectivity index (χ2v) is 9.11. The Morgan fingerprint density at radius 3 is 2.51 bits per heavy atom. The van der Waals surface area contributed by atoms with Crippen molar-refractivity contribution in [2.24, 2.45) is 0 Å². The number of hydrogen-bond acceptors (Lipinski definition) is 5. The number of allylic oxidation sites excluding steroid dienone is 1. The first-order valence-electron chi connectivity index (χ1n) is 12.2. The van der Waals surface area contributed by atoms with Crippen LogP contribution in [0.1, 0.15) is 29.2 Å². The van der Waals surface area contributed by atoms with E-state index in [2.05, 4.69) is 11.9 Å². The predicted molar refractivity (Wildman–Crippen MR) is 147 cm³/mol. The molecular weight excluding hydrogens is 523 g/mol. The van der Waals surface area contributed by atoms with E-state index in [1.807, 2.05) is 0 Å². The van der Waals surface area contributed by atoms with Gasteiger partial charge in [-0.05, 0) is 67.8 Å². The molecule has 0 radical (unpaired) electrons. The maximum atomic E-state index is 14.2. The Kier molecular flexibility index (Phi) is 8.46. The molecule has 0 aromatic heterocycles. The maximum absolute atomic E-state index is 14.2. The normalized spacial score (nSPS) is 14.4. The zero-order valence-corrected chi connectivity index (χ0v) is 22.2. The van der Waals surface area contributed by atoms with Gasteiger partial charge in [-0.25, -0.2) is 14.1 Å². The summed E-state index contributed by atoms with van der Waals surface area (Å²) in [6, 6.07) is 13.5. The summed E-state index contributed by atoms with van der Waals surface area (Å²) < 4.78 is 26.0. The number of hydrogen-bond donors (Lipinski definition) is 1. The van der Waals surface area contributed by atoms with Gasteiger partial charge in [-0.15, -0.1) is 6.58 Å². The Morgan fingerprint density at radius 2 is 1.82 bits per heavy atom. The van der Waals surface area contributed by atoms with E-state index in [0.29, 0.717) is 46.2 Å². The van der Waals surface area contributed by atoms with Crippen LogP contribution in [0.2, 0.25) is 5.02 Å². The minimum absolute atomic E-state index is 0.0333. The highest BCUT2D eigenvalue weighted by atomic mass is 35.5. The lowest BCUT2D eigenvalue weighted by Gasteiger charge is -2.26. The lowest BCUT2D eigenvalue weighted by Crippen LogP contribution is -2.54. The lowest BCUT2D eigenvalue weighted by atomic mass is 10.0. The average Bonchev–Trinajstić information content (AvgIpc) is 2.89. The highest BCUT2D eigenvalue weighted by Crippen LogP contribution is 2.36. The number of amides is 4. The van der Waals surface area contributed by atoms with Crippen LogP contribution < -0.4 is 19.7 Å². The minimum Gasteiger partial charge on any atom is -0.490 e. The number of anilines is 1. The monoisotopic (exact) mass is 548 g/mol. The molecule has 0 atom stereocenters. The van der Waals surface area contributed by atoms with Gasteiger partial charge in [0.05, 0.1) is 12.3 Å². The third kappa shape index (κ3) is 6.02. The first-order chi connectivity index (χ1) is 18.7. The van der Waals surface area contributed by atoms with Crippen LogP contribution in [0.25, 0.3) is 6.08 Å². The zero-order valence-electron chi connectivity index (χ0n) is 21.4. The fourth-order valence-electron chi connectivity index (χ4n) is 4.05. The number of carbonyl (C=O) groups excluding carboxylic acids is 3. The van der Waals surface area contributed by atoms with Crippen molar-refractivity contribution in [2.75, 3.05) is 11.5 Å². The molecule has 0 aliphatic carbocycles. The van der Waals surface area contributed by atoms with Crippen molar-refractivity contribution in [1.29, 1.82) is 0 Å². The number of urea groups is 1. The van der Waals surface area contributed by atoms with Crippen molar-refractivity contribution in [3.8, 4) is 11.5 Å². The van der Waals surface area contributed by atoms with Gasteiger partial charge in [-0.3, -0.25) is 14.9 Å². The van der Waals surface area contributed by atoms with Gasteiger partial charge in [0.15, 0.2) is 11.5 Å². The van der Waals surface area contributed by atoms with Crippen LogP contribution in [0.3, 0.4) is 0 Å². The van der Waals surface area contributed by atoms with Crippen molar-refractivity contribution >= 4 is 41.2 Å². The van der Waals surface area contributed by atoms with E-state index in [1.165, 1.54) is 18.2 Å². The molecule has 7 nitrogen and oxygen atoms in total. The molecule has 3 aromatic rings. The van der Waals surface area contributed by atoms with Crippen LogP contribution in [0.15, 0.2) is 72.8 Å². The lowest BCUT2D eigenvalue weighted by molar-refractivity contribution is -0.122. The Morgan fingerprint density at radius 1 is 1.05 bits per heavy atom. The van der Waals surface area contributed by atoms with E-state index in [-0.39, 0.29) is 17.9 Å². The van der Waals surface area contributed by atoms with E-state index in [1.54, 1.807) is 62.4 Å². The van der Waals surface area contributed by atoms with Crippen molar-refractivity contribution in [1.82, 2.24) is 5.32 Å². The Labute approximate surface area is 230 Å². The SMILES string of the molecule is C=CCc1cc(/C=C2/C(=O)NC(=O)N(c3ccc(C)c(Cl)c3)C2=O)cc(OCC)c1OCc1ccccc1F. The molecule has 4 amide bonds. The van der Waals surface area contributed by atoms with E-state index >= 15 is 0 Å². The third-order valence-electron chi connectivity index (χ3n) is 5.97. The third-order valence-corrected chi connectivity index (χ3v) is 6.38. The van der Waals surface area contributed by atoms with E-state index in [4.69, 9.17) is 21.1 Å². The molecule has 200 valence electrons. The summed E-state index contributed by atoms with van der Waals surface area (Å²) in [4.78, 5) is 39.5. The Balaban J connectivity index is 1.73. The van der Waals surface area contributed by atoms with E-state index in [0.717, 1.165) is 10.5 Å². The van der Waals surface area contributed by atoms with Gasteiger partial charge in [0.2, 0.25) is 0 Å². The number of benzene rings is 3. The Hall–Kier alpha value is -4.43. The summed E-state index contributed by atoms with van der Waals surface area (Å²) >= 11 is 6.20. The number of carbonyl (C=O) groups is 3. The summed E-state index contributed by atoms with van der Waals surface area (Å²) in [6.45, 7) is 7.66. The summed E-state index contributed by atoms with van der Waals surface area (Å²) in [5, 5.41) is 2.58. The van der Waals surface area contributed by atoms with Crippen LogP contribution in [0.4, 0.5) is 14.9 Å². The summed E-state index contributed by atoms with van der Waals surface area (Å²) in [5.74, 6) is -1.28. The van der Waals surface area contributed by atoms with Crippen molar-refractivity contribution < 1.29 is 28.2 Å². The molecule has 4 rings (SSSR count). The number of ether oxygens (including phenoxy) is 2. The molecule has 0 spiro atoms. The first-order valence-corrected chi connectivity index (χ1v) is 12.6. The molecule has 1 saturated heterocycles. The largest absolute Gasteiger partial charge is 0.490 e. The molecule has 1 N–H and O–H groups in total. The van der Waals surface area contributed by atoms with Gasteiger partial charge in [0.25, 0.3) is 11.8 Å². The minimum atomic E-state index is -0.874. The number of rotatable bonds is 9. The summed E-state index contributed by atoms with van der Waals surface area (Å²) in [7, 11) is 0. The van der Waals surface area contributed by atoms with Crippen LogP contribution in [0, 0.1) is 12.7 Å². The highest BCUT2D eigenvalue weighted by Gasteiger charge is 2.37. The van der Waals surface area contributed by atoms with Crippen LogP contribution in [-0.4, -0.2) is 24.5 Å². The highest BCUT2D eigenvalue weighted by molar-refractivity contribution is 6.39. The average molecular weight is 549 g/mol. The number of halogens is 2. The van der Waals surface area contributed by atoms with Crippen molar-refractivity contribution in [3.63, 3.8) is 0 Å². The van der Waals surface area contributed by atoms with Gasteiger partial charge < -0.3 is 9.47 Å². The smallest absolute Gasteiger partial charge is 0.335 e. The predicted octanol–water partition coefficient (Wildman–Crippen LogP) is 6.16. The molecule has 0 unspecified atom stereocenters. The number of aryl methyl sites for hydroxylation is 1. The van der Waals surface area contributed by atoms with Crippen LogP contribution >= 0.6 is 11.6 Å². The van der Waals surface area contributed by atoms with Crippen molar-refractivity contribution in [3.05, 3.63) is 106 Å². The summed E-state index contributed by atoms with van der Waals surface area (Å²) in [5.41, 5.74) is 2.24. The number of imide groups is 2. The second-order valence-electron chi connectivity index (χ2n) is 8.70. The van der Waals surface area contributed by atoms with Gasteiger partial charge in [0, 0.05) is 16.1 Å². The quantitative estimate of drug-likeness (QED) is 0.197. The molecular formula is C30H26ClFN2O5. The number of nitrogens with one attached hydrogen (secondary N) is 1. The first kappa shape index (κ1) is 27.6. The van der Waals surface area contributed by atoms with Gasteiger partial charge >= 0.3 is 6.03 Å². The van der Waals surface area contributed by atoms with Gasteiger partial charge in [0.1, 0.15) is 18.0 Å². The van der Waals surface area contributed by atoms with Crippen LogP contribution in [-0.2, 0) is 22.6 Å². The molecule has 1 heterocycles. The second kappa shape index (κ2) is 12.0. The van der Waals surface area contributed by atoms with Gasteiger partial charge in [-0.2, -0.15) is 0 Å². The van der Waals surface area contributed by atoms with Gasteiger partial charge in [-0.1, -0.05) is 41.9 Å². The van der Waals surface area contributed by atoms with E-state index in [9.17, 15) is 18.8 Å². The maximum Gasteiger partial charge on any atom is 0.335 e. The zero-order chi connectivity index (χ0) is 28.1. The molecule has 1 aliphatic rings. The molecule has 1 aliphatic heterocycles. The standard InChI is InChI=1S/C30H26ClFN2O5/c1-4-8-20-13-19(15-26(38-5-2)27(20)39-17-21-9-6-7-10-25(21)32)14-23-28(35)33-30(37)34(29(23)36)22-12-11-18(3)24(31)16-22/h4,6-7,9-16H,1,5,8,17H2,2-3H3,(H,33,35,37)/b23-14-. The fraction of sp³-hybridized carbons (Fsp3) is 0.167. The fourth-order valence-corrected chi connectivity index (χ4v) is 4.22. The topological polar surface area (TPSA) is 84.9 Å². The van der Waals surface area contributed by atoms with Crippen molar-refractivity contribution in [2.45, 2.75) is 26.9 Å². The van der Waals surface area contributed by atoms with Crippen LogP contribution in [0.5, 0.6) is 11.5 Å². The molecule has 0 saturated carbocycles. The number of nitrogens with zero attached hydrogens (tertiary/aromatic N) is 1. The number of barbiturate groups is 1. The molecule has 1 fully saturated rings. The molecule has 9 heteroatoms. The molecule has 0 bridgehead atoms. The summed E-state index contributed by atoms with van der Waals surface area (Å²) in [6.07, 6.45) is 3.41. The Bertz CT molecular complexity index is 1500. The molecule has 3 aromatic carbocycles. The van der Waals surface area contributed by atoms with E-state index < -0.39 is 23.7 Å².